The van der Waals surface area contributed by atoms with Crippen molar-refractivity contribution in [3.8, 4) is 0 Å². The average molecular weight is 236 g/mol. The van der Waals surface area contributed by atoms with Gasteiger partial charge in [0.25, 0.3) is 0 Å². The summed E-state index contributed by atoms with van der Waals surface area (Å²) >= 11 is 0. The monoisotopic (exact) mass is 236 g/mol. The molecule has 0 atom stereocenters. The zero-order valence-electron chi connectivity index (χ0n) is 8.94. The maximum Gasteiger partial charge on any atom is 0.0428 e. The third-order valence-electron chi connectivity index (χ3n) is 0.671. The van der Waals surface area contributed by atoms with Gasteiger partial charge in [-0.1, -0.05) is 20.8 Å². The van der Waals surface area contributed by atoms with E-state index in [9.17, 15) is 0 Å². The second-order valence-corrected chi connectivity index (χ2v) is 2.17. The van der Waals surface area contributed by atoms with Gasteiger partial charge in [0.1, 0.15) is 0 Å². The first kappa shape index (κ1) is 23.3. The number of rotatable bonds is 3. The van der Waals surface area contributed by atoms with Gasteiger partial charge in [0.2, 0.25) is 0 Å². The number of aliphatic hydroxyl groups excluding tert-OH is 3. The van der Waals surface area contributed by atoms with Crippen molar-refractivity contribution in [1.82, 2.24) is 0 Å². The molecular formula is C9H24FeO3. The van der Waals surface area contributed by atoms with Gasteiger partial charge in [0.15, 0.2) is 0 Å². The Balaban J connectivity index is -0.0000000450. The van der Waals surface area contributed by atoms with Crippen molar-refractivity contribution >= 4 is 0 Å². The second-order valence-electron chi connectivity index (χ2n) is 2.17. The fourth-order valence-electron chi connectivity index (χ4n) is 0. The predicted octanol–water partition coefficient (Wildman–Crippen LogP) is 1.16. The van der Waals surface area contributed by atoms with E-state index < -0.39 is 0 Å². The van der Waals surface area contributed by atoms with Gasteiger partial charge in [-0.2, -0.15) is 0 Å². The smallest absolute Gasteiger partial charge is 0.0428 e. The Labute approximate surface area is 92.6 Å². The van der Waals surface area contributed by atoms with Gasteiger partial charge >= 0.3 is 0 Å². The van der Waals surface area contributed by atoms with Gasteiger partial charge in [-0.15, -0.1) is 0 Å². The molecule has 3 nitrogen and oxygen atoms in total. The van der Waals surface area contributed by atoms with Crippen molar-refractivity contribution in [3.63, 3.8) is 0 Å². The molecule has 0 aromatic carbocycles. The molecule has 0 aliphatic carbocycles. The van der Waals surface area contributed by atoms with Crippen LogP contribution in [0.15, 0.2) is 0 Å². The zero-order valence-corrected chi connectivity index (χ0v) is 10.0. The molecule has 0 aromatic rings. The fraction of sp³-hybridized carbons (Fsp3) is 1.00. The Hall–Kier alpha value is 0.399. The van der Waals surface area contributed by atoms with Gasteiger partial charge in [-0.25, -0.2) is 0 Å². The SMILES string of the molecule is CCCO.CCCO.CCCO.[Fe]. The van der Waals surface area contributed by atoms with Gasteiger partial charge in [0, 0.05) is 36.9 Å². The summed E-state index contributed by atoms with van der Waals surface area (Å²) in [6, 6.07) is 0. The van der Waals surface area contributed by atoms with E-state index in [-0.39, 0.29) is 17.1 Å². The average Bonchev–Trinajstić information content (AvgIpc) is 2.18. The summed E-state index contributed by atoms with van der Waals surface area (Å²) in [4.78, 5) is 0. The van der Waals surface area contributed by atoms with Crippen LogP contribution in [-0.4, -0.2) is 35.1 Å². The predicted molar refractivity (Wildman–Crippen MR) is 52.1 cm³/mol. The molecule has 0 amide bonds. The van der Waals surface area contributed by atoms with Crippen LogP contribution in [0.5, 0.6) is 0 Å². The third-order valence-corrected chi connectivity index (χ3v) is 0.671. The second kappa shape index (κ2) is 39.3. The Morgan fingerprint density at radius 2 is 0.692 bits per heavy atom. The molecule has 0 bridgehead atoms. The summed E-state index contributed by atoms with van der Waals surface area (Å²) in [5.41, 5.74) is 0. The topological polar surface area (TPSA) is 60.7 Å². The Kier molecular flexibility index (Phi) is 70.6. The van der Waals surface area contributed by atoms with Crippen LogP contribution in [0.2, 0.25) is 0 Å². The minimum atomic E-state index is 0. The summed E-state index contributed by atoms with van der Waals surface area (Å²) in [5.74, 6) is 0. The standard InChI is InChI=1S/3C3H8O.Fe/c3*1-2-3-4;/h3*4H,2-3H2,1H3;. The van der Waals surface area contributed by atoms with Crippen molar-refractivity contribution in [2.24, 2.45) is 0 Å². The van der Waals surface area contributed by atoms with Crippen LogP contribution in [-0.2, 0) is 17.1 Å². The van der Waals surface area contributed by atoms with Gasteiger partial charge < -0.3 is 15.3 Å². The largest absolute Gasteiger partial charge is 0.396 e. The summed E-state index contributed by atoms with van der Waals surface area (Å²) in [6.07, 6.45) is 2.62. The molecule has 0 saturated carbocycles. The molecule has 0 saturated heterocycles. The van der Waals surface area contributed by atoms with Crippen molar-refractivity contribution in [2.45, 2.75) is 40.0 Å². The van der Waals surface area contributed by atoms with E-state index in [0.29, 0.717) is 19.8 Å². The van der Waals surface area contributed by atoms with Crippen LogP contribution in [0.3, 0.4) is 0 Å². The minimum Gasteiger partial charge on any atom is -0.396 e. The fourth-order valence-corrected chi connectivity index (χ4v) is 0. The van der Waals surface area contributed by atoms with E-state index in [2.05, 4.69) is 0 Å². The molecule has 0 rings (SSSR count). The first-order valence-corrected chi connectivity index (χ1v) is 4.57. The van der Waals surface area contributed by atoms with E-state index in [1.54, 1.807) is 0 Å². The van der Waals surface area contributed by atoms with Crippen molar-refractivity contribution < 1.29 is 32.4 Å². The summed E-state index contributed by atoms with van der Waals surface area (Å²) in [5, 5.41) is 23.6. The molecule has 4 heteroatoms. The van der Waals surface area contributed by atoms with Crippen LogP contribution in [0.4, 0.5) is 0 Å². The molecule has 0 radical (unpaired) electrons. The Morgan fingerprint density at radius 3 is 0.692 bits per heavy atom. The van der Waals surface area contributed by atoms with Gasteiger partial charge in [-0.3, -0.25) is 0 Å². The molecule has 0 spiro atoms. The van der Waals surface area contributed by atoms with E-state index >= 15 is 0 Å². The van der Waals surface area contributed by atoms with Crippen LogP contribution < -0.4 is 0 Å². The first-order valence-electron chi connectivity index (χ1n) is 4.57. The molecule has 3 N–H and O–H groups in total. The van der Waals surface area contributed by atoms with Crippen LogP contribution in [0.25, 0.3) is 0 Å². The number of aliphatic hydroxyl groups is 3. The van der Waals surface area contributed by atoms with E-state index in [4.69, 9.17) is 15.3 Å². The maximum atomic E-state index is 7.88. The molecule has 0 heterocycles. The first-order chi connectivity index (χ1) is 5.74. The van der Waals surface area contributed by atoms with E-state index in [1.807, 2.05) is 20.8 Å². The molecule has 0 aliphatic heterocycles. The third kappa shape index (κ3) is 116. The summed E-state index contributed by atoms with van der Waals surface area (Å²) < 4.78 is 0. The van der Waals surface area contributed by atoms with Crippen LogP contribution in [0.1, 0.15) is 40.0 Å². The molecule has 0 aliphatic rings. The molecule has 13 heavy (non-hydrogen) atoms. The minimum absolute atomic E-state index is 0. The molecule has 0 unspecified atom stereocenters. The zero-order chi connectivity index (χ0) is 10.2. The summed E-state index contributed by atoms with van der Waals surface area (Å²) in [6.45, 7) is 6.75. The van der Waals surface area contributed by atoms with Crippen molar-refractivity contribution in [2.75, 3.05) is 19.8 Å². The molecule has 86 valence electrons. The van der Waals surface area contributed by atoms with Gasteiger partial charge in [0.05, 0.1) is 0 Å². The molecule has 0 fully saturated rings. The normalized spacial score (nSPS) is 6.92. The van der Waals surface area contributed by atoms with Crippen LogP contribution >= 0.6 is 0 Å². The number of hydrogen-bond donors (Lipinski definition) is 3. The molecule has 0 aromatic heterocycles. The van der Waals surface area contributed by atoms with Crippen molar-refractivity contribution in [1.29, 1.82) is 0 Å². The number of hydrogen-bond acceptors (Lipinski definition) is 3. The van der Waals surface area contributed by atoms with E-state index in [1.165, 1.54) is 0 Å². The van der Waals surface area contributed by atoms with E-state index in [0.717, 1.165) is 19.3 Å². The van der Waals surface area contributed by atoms with Crippen LogP contribution in [0, 0.1) is 0 Å². The quantitative estimate of drug-likeness (QED) is 0.644. The van der Waals surface area contributed by atoms with Crippen molar-refractivity contribution in [3.05, 3.63) is 0 Å². The maximum absolute atomic E-state index is 7.88. The Bertz CT molecular complexity index is 30.3. The summed E-state index contributed by atoms with van der Waals surface area (Å²) in [7, 11) is 0. The Morgan fingerprint density at radius 1 is 0.615 bits per heavy atom. The molecular weight excluding hydrogens is 212 g/mol. The van der Waals surface area contributed by atoms with Gasteiger partial charge in [-0.05, 0) is 19.3 Å².